The molecule has 2 rings (SSSR count). The zero-order valence-corrected chi connectivity index (χ0v) is 11.2. The second-order valence-corrected chi connectivity index (χ2v) is 4.26. The quantitative estimate of drug-likeness (QED) is 0.788. The van der Waals surface area contributed by atoms with Gasteiger partial charge in [-0.25, -0.2) is 9.48 Å². The van der Waals surface area contributed by atoms with Crippen molar-refractivity contribution in [3.63, 3.8) is 0 Å². The Bertz CT molecular complexity index is 562. The minimum atomic E-state index is -0.188. The molecular formula is C15H18N4O. The van der Waals surface area contributed by atoms with Gasteiger partial charge >= 0.3 is 6.03 Å². The molecule has 0 fully saturated rings. The van der Waals surface area contributed by atoms with E-state index in [4.69, 9.17) is 0 Å². The van der Waals surface area contributed by atoms with E-state index in [1.54, 1.807) is 6.08 Å². The number of rotatable bonds is 6. The van der Waals surface area contributed by atoms with E-state index in [0.29, 0.717) is 19.5 Å². The van der Waals surface area contributed by atoms with Crippen molar-refractivity contribution in [2.45, 2.75) is 6.42 Å². The Balaban J connectivity index is 1.82. The summed E-state index contributed by atoms with van der Waals surface area (Å²) in [5.74, 6) is 0. The van der Waals surface area contributed by atoms with Gasteiger partial charge < -0.3 is 10.6 Å². The fraction of sp³-hybridized carbons (Fsp3) is 0.200. The molecule has 5 heteroatoms. The molecule has 0 spiro atoms. The highest BCUT2D eigenvalue weighted by molar-refractivity contribution is 5.73. The van der Waals surface area contributed by atoms with Crippen LogP contribution in [0.15, 0.2) is 55.3 Å². The number of aromatic nitrogens is 2. The van der Waals surface area contributed by atoms with Crippen LogP contribution in [0.5, 0.6) is 0 Å². The van der Waals surface area contributed by atoms with Crippen LogP contribution in [0.3, 0.4) is 0 Å². The fourth-order valence-corrected chi connectivity index (χ4v) is 1.75. The van der Waals surface area contributed by atoms with E-state index in [2.05, 4.69) is 22.3 Å². The molecule has 1 aromatic carbocycles. The van der Waals surface area contributed by atoms with Crippen LogP contribution in [-0.4, -0.2) is 28.9 Å². The summed E-state index contributed by atoms with van der Waals surface area (Å²) in [6, 6.07) is 11.7. The van der Waals surface area contributed by atoms with Crippen LogP contribution < -0.4 is 10.6 Å². The highest BCUT2D eigenvalue weighted by atomic mass is 16.2. The van der Waals surface area contributed by atoms with Gasteiger partial charge in [-0.1, -0.05) is 24.3 Å². The van der Waals surface area contributed by atoms with Crippen molar-refractivity contribution >= 4 is 6.03 Å². The van der Waals surface area contributed by atoms with E-state index in [9.17, 15) is 4.79 Å². The van der Waals surface area contributed by atoms with Crippen LogP contribution in [-0.2, 0) is 6.42 Å². The van der Waals surface area contributed by atoms with Crippen molar-refractivity contribution in [3.05, 3.63) is 60.9 Å². The van der Waals surface area contributed by atoms with E-state index in [0.717, 1.165) is 11.4 Å². The number of hydrogen-bond acceptors (Lipinski definition) is 2. The number of benzene rings is 1. The average Bonchev–Trinajstić information content (AvgIpc) is 2.95. The summed E-state index contributed by atoms with van der Waals surface area (Å²) >= 11 is 0. The van der Waals surface area contributed by atoms with Crippen molar-refractivity contribution in [2.24, 2.45) is 0 Å². The normalized spacial score (nSPS) is 10.0. The molecule has 0 bridgehead atoms. The molecule has 0 radical (unpaired) electrons. The second-order valence-electron chi connectivity index (χ2n) is 4.26. The van der Waals surface area contributed by atoms with Gasteiger partial charge in [-0.05, 0) is 18.2 Å². The summed E-state index contributed by atoms with van der Waals surface area (Å²) < 4.78 is 1.83. The average molecular weight is 270 g/mol. The SMILES string of the molecule is C=CCNC(=O)NCCc1ccn(-c2ccccc2)n1. The van der Waals surface area contributed by atoms with E-state index in [-0.39, 0.29) is 6.03 Å². The molecule has 2 amide bonds. The molecule has 0 saturated heterocycles. The largest absolute Gasteiger partial charge is 0.338 e. The summed E-state index contributed by atoms with van der Waals surface area (Å²) in [5.41, 5.74) is 1.97. The predicted octanol–water partition coefficient (Wildman–Crippen LogP) is 1.90. The van der Waals surface area contributed by atoms with Crippen LogP contribution in [0.4, 0.5) is 4.79 Å². The summed E-state index contributed by atoms with van der Waals surface area (Å²) in [5, 5.41) is 9.89. The third kappa shape index (κ3) is 3.98. The molecular weight excluding hydrogens is 252 g/mol. The third-order valence-corrected chi connectivity index (χ3v) is 2.74. The standard InChI is InChI=1S/C15H18N4O/c1-2-10-16-15(20)17-11-8-13-9-12-19(18-13)14-6-4-3-5-7-14/h2-7,9,12H,1,8,10-11H2,(H2,16,17,20). The predicted molar refractivity (Wildman–Crippen MR) is 78.9 cm³/mol. The monoisotopic (exact) mass is 270 g/mol. The molecule has 0 aliphatic heterocycles. The summed E-state index contributed by atoms with van der Waals surface area (Å²) in [6.45, 7) is 4.55. The van der Waals surface area contributed by atoms with E-state index < -0.39 is 0 Å². The van der Waals surface area contributed by atoms with Gasteiger partial charge in [0.1, 0.15) is 0 Å². The number of amides is 2. The second kappa shape index (κ2) is 7.13. The lowest BCUT2D eigenvalue weighted by atomic mass is 10.3. The molecule has 0 aliphatic carbocycles. The number of para-hydroxylation sites is 1. The van der Waals surface area contributed by atoms with Gasteiger partial charge in [0.15, 0.2) is 0 Å². The number of hydrogen-bond donors (Lipinski definition) is 2. The Hall–Kier alpha value is -2.56. The zero-order chi connectivity index (χ0) is 14.2. The third-order valence-electron chi connectivity index (χ3n) is 2.74. The zero-order valence-electron chi connectivity index (χ0n) is 11.2. The van der Waals surface area contributed by atoms with Gasteiger partial charge in [0.2, 0.25) is 0 Å². The molecule has 2 N–H and O–H groups in total. The Morgan fingerprint density at radius 2 is 2.05 bits per heavy atom. The number of carbonyl (C=O) groups is 1. The lowest BCUT2D eigenvalue weighted by molar-refractivity contribution is 0.242. The van der Waals surface area contributed by atoms with Crippen LogP contribution in [0.1, 0.15) is 5.69 Å². The number of nitrogens with one attached hydrogen (secondary N) is 2. The first-order valence-corrected chi connectivity index (χ1v) is 6.52. The van der Waals surface area contributed by atoms with E-state index in [1.165, 1.54) is 0 Å². The van der Waals surface area contributed by atoms with Crippen molar-refractivity contribution in [2.75, 3.05) is 13.1 Å². The van der Waals surface area contributed by atoms with Gasteiger partial charge in [0.05, 0.1) is 11.4 Å². The summed E-state index contributed by atoms with van der Waals surface area (Å²) in [4.78, 5) is 11.3. The number of carbonyl (C=O) groups excluding carboxylic acids is 1. The smallest absolute Gasteiger partial charge is 0.315 e. The molecule has 1 heterocycles. The highest BCUT2D eigenvalue weighted by Crippen LogP contribution is 2.06. The lowest BCUT2D eigenvalue weighted by Crippen LogP contribution is -2.36. The van der Waals surface area contributed by atoms with Crippen LogP contribution >= 0.6 is 0 Å². The van der Waals surface area contributed by atoms with Crippen molar-refractivity contribution in [1.29, 1.82) is 0 Å². The molecule has 104 valence electrons. The van der Waals surface area contributed by atoms with Crippen LogP contribution in [0, 0.1) is 0 Å². The maximum atomic E-state index is 11.3. The van der Waals surface area contributed by atoms with Crippen LogP contribution in [0.25, 0.3) is 5.69 Å². The molecule has 0 unspecified atom stereocenters. The summed E-state index contributed by atoms with van der Waals surface area (Å²) in [7, 11) is 0. The lowest BCUT2D eigenvalue weighted by Gasteiger charge is -2.04. The van der Waals surface area contributed by atoms with E-state index in [1.807, 2.05) is 47.3 Å². The highest BCUT2D eigenvalue weighted by Gasteiger charge is 2.02. The molecule has 2 aromatic rings. The van der Waals surface area contributed by atoms with Crippen molar-refractivity contribution < 1.29 is 4.79 Å². The Morgan fingerprint density at radius 1 is 1.25 bits per heavy atom. The summed E-state index contributed by atoms with van der Waals surface area (Å²) in [6.07, 6.45) is 4.25. The minimum absolute atomic E-state index is 0.188. The molecule has 0 aliphatic rings. The van der Waals surface area contributed by atoms with Gasteiger partial charge in [-0.2, -0.15) is 5.10 Å². The minimum Gasteiger partial charge on any atom is -0.338 e. The topological polar surface area (TPSA) is 59.0 Å². The van der Waals surface area contributed by atoms with Gasteiger partial charge in [-0.3, -0.25) is 0 Å². The fourth-order valence-electron chi connectivity index (χ4n) is 1.75. The van der Waals surface area contributed by atoms with Gasteiger partial charge in [0.25, 0.3) is 0 Å². The number of nitrogens with zero attached hydrogens (tertiary/aromatic N) is 2. The first kappa shape index (κ1) is 13.9. The van der Waals surface area contributed by atoms with Gasteiger partial charge in [-0.15, -0.1) is 6.58 Å². The molecule has 5 nitrogen and oxygen atoms in total. The van der Waals surface area contributed by atoms with Crippen molar-refractivity contribution in [1.82, 2.24) is 20.4 Å². The maximum Gasteiger partial charge on any atom is 0.315 e. The Morgan fingerprint density at radius 3 is 2.80 bits per heavy atom. The first-order valence-electron chi connectivity index (χ1n) is 6.52. The molecule has 0 saturated carbocycles. The molecule has 20 heavy (non-hydrogen) atoms. The Labute approximate surface area is 118 Å². The Kier molecular flexibility index (Phi) is 4.94. The molecule has 1 aromatic heterocycles. The van der Waals surface area contributed by atoms with Crippen LogP contribution in [0.2, 0.25) is 0 Å². The van der Waals surface area contributed by atoms with E-state index >= 15 is 0 Å². The number of urea groups is 1. The maximum absolute atomic E-state index is 11.3. The first-order chi connectivity index (χ1) is 9.79. The molecule has 0 atom stereocenters. The van der Waals surface area contributed by atoms with Gasteiger partial charge in [0, 0.05) is 25.7 Å². The van der Waals surface area contributed by atoms with Crippen molar-refractivity contribution in [3.8, 4) is 5.69 Å².